The fourth-order valence-corrected chi connectivity index (χ4v) is 2.37. The van der Waals surface area contributed by atoms with E-state index in [9.17, 15) is 0 Å². The second-order valence-electron chi connectivity index (χ2n) is 4.28. The molecule has 3 nitrogen and oxygen atoms in total. The largest absolute Gasteiger partial charge is 0.346 e. The lowest BCUT2D eigenvalue weighted by molar-refractivity contribution is -0.663. The average molecular weight is 202 g/mol. The van der Waals surface area contributed by atoms with Gasteiger partial charge in [0.2, 0.25) is 0 Å². The topological polar surface area (TPSA) is 45.3 Å². The van der Waals surface area contributed by atoms with Crippen molar-refractivity contribution in [2.24, 2.45) is 0 Å². The molecule has 2 heterocycles. The summed E-state index contributed by atoms with van der Waals surface area (Å²) in [6.45, 7) is 2.48. The average Bonchev–Trinajstić information content (AvgIpc) is 2.74. The van der Waals surface area contributed by atoms with E-state index < -0.39 is 0 Å². The normalized spacial score (nSPS) is 18.4. The Morgan fingerprint density at radius 3 is 2.80 bits per heavy atom. The molecule has 0 aliphatic carbocycles. The van der Waals surface area contributed by atoms with Gasteiger partial charge in [0, 0.05) is 18.8 Å². The second-order valence-corrected chi connectivity index (χ2v) is 4.28. The summed E-state index contributed by atoms with van der Waals surface area (Å²) in [6, 6.07) is 8.27. The molecule has 0 amide bonds. The van der Waals surface area contributed by atoms with E-state index in [0.29, 0.717) is 5.92 Å². The molecule has 1 aromatic carbocycles. The van der Waals surface area contributed by atoms with Gasteiger partial charge in [-0.05, 0) is 12.1 Å². The second kappa shape index (κ2) is 3.66. The van der Waals surface area contributed by atoms with Crippen LogP contribution in [0.1, 0.15) is 24.6 Å². The number of piperidine rings is 1. The van der Waals surface area contributed by atoms with Crippen LogP contribution in [-0.4, -0.2) is 23.1 Å². The van der Waals surface area contributed by atoms with Gasteiger partial charge >= 0.3 is 0 Å². The van der Waals surface area contributed by atoms with Gasteiger partial charge < -0.3 is 10.3 Å². The summed E-state index contributed by atoms with van der Waals surface area (Å²) in [5.74, 6) is 1.83. The lowest BCUT2D eigenvalue weighted by Gasteiger charge is -2.17. The van der Waals surface area contributed by atoms with E-state index in [1.54, 1.807) is 0 Å². The Bertz CT molecular complexity index is 422. The minimum atomic E-state index is 0.641. The number of nitrogens with one attached hydrogen (secondary N) is 1. The molecule has 1 fully saturated rings. The van der Waals surface area contributed by atoms with Gasteiger partial charge in [-0.1, -0.05) is 12.1 Å². The molecule has 3 heteroatoms. The molecule has 0 atom stereocenters. The van der Waals surface area contributed by atoms with Crippen molar-refractivity contribution in [1.82, 2.24) is 9.97 Å². The smallest absolute Gasteiger partial charge is 0.110 e. The van der Waals surface area contributed by atoms with E-state index in [1.807, 2.05) is 6.07 Å². The van der Waals surface area contributed by atoms with Gasteiger partial charge in [0.15, 0.2) is 0 Å². The number of H-pyrrole nitrogens is 1. The van der Waals surface area contributed by atoms with Crippen LogP contribution >= 0.6 is 0 Å². The van der Waals surface area contributed by atoms with Gasteiger partial charge in [0.25, 0.3) is 0 Å². The fraction of sp³-hybridized carbons (Fsp3) is 0.417. The summed E-state index contributed by atoms with van der Waals surface area (Å²) >= 11 is 0. The highest BCUT2D eigenvalue weighted by Crippen LogP contribution is 2.23. The third-order valence-corrected chi connectivity index (χ3v) is 3.23. The highest BCUT2D eigenvalue weighted by Gasteiger charge is 2.20. The van der Waals surface area contributed by atoms with Gasteiger partial charge in [-0.15, -0.1) is 0 Å². The van der Waals surface area contributed by atoms with Crippen LogP contribution in [0.15, 0.2) is 24.3 Å². The number of nitrogens with two attached hydrogens (primary N) is 1. The summed E-state index contributed by atoms with van der Waals surface area (Å²) in [5.41, 5.74) is 2.27. The number of imidazole rings is 1. The first kappa shape index (κ1) is 8.92. The van der Waals surface area contributed by atoms with Crippen molar-refractivity contribution in [2.75, 3.05) is 13.1 Å². The maximum absolute atomic E-state index is 4.67. The Balaban J connectivity index is 1.96. The van der Waals surface area contributed by atoms with Crippen molar-refractivity contribution < 1.29 is 5.32 Å². The molecule has 1 aromatic heterocycles. The van der Waals surface area contributed by atoms with Crippen molar-refractivity contribution in [3.05, 3.63) is 30.1 Å². The zero-order valence-electron chi connectivity index (χ0n) is 8.74. The monoisotopic (exact) mass is 202 g/mol. The highest BCUT2D eigenvalue weighted by atomic mass is 14.9. The maximum atomic E-state index is 4.67. The van der Waals surface area contributed by atoms with Crippen molar-refractivity contribution in [2.45, 2.75) is 18.8 Å². The Labute approximate surface area is 88.9 Å². The van der Waals surface area contributed by atoms with Gasteiger partial charge in [-0.3, -0.25) is 0 Å². The SMILES string of the molecule is c1ccc2[nH]c(C3CC[NH2+]CC3)nc2c1. The summed E-state index contributed by atoms with van der Waals surface area (Å²) in [6.07, 6.45) is 2.50. The standard InChI is InChI=1S/C12H15N3/c1-2-4-11-10(3-1)14-12(15-11)9-5-7-13-8-6-9/h1-4,9,13H,5-8H2,(H,14,15)/p+1. The molecule has 78 valence electrons. The van der Waals surface area contributed by atoms with Crippen molar-refractivity contribution in [3.63, 3.8) is 0 Å². The number of fused-ring (bicyclic) bond motifs is 1. The number of rotatable bonds is 1. The third kappa shape index (κ3) is 1.63. The number of quaternary nitrogens is 1. The van der Waals surface area contributed by atoms with Gasteiger partial charge in [-0.2, -0.15) is 0 Å². The van der Waals surface area contributed by atoms with Crippen LogP contribution < -0.4 is 5.32 Å². The number of aromatic nitrogens is 2. The molecule has 1 saturated heterocycles. The highest BCUT2D eigenvalue weighted by molar-refractivity contribution is 5.74. The summed E-state index contributed by atoms with van der Waals surface area (Å²) in [4.78, 5) is 8.11. The van der Waals surface area contributed by atoms with E-state index in [4.69, 9.17) is 0 Å². The zero-order valence-corrected chi connectivity index (χ0v) is 8.74. The molecule has 15 heavy (non-hydrogen) atoms. The Morgan fingerprint density at radius 1 is 1.20 bits per heavy atom. The Morgan fingerprint density at radius 2 is 2.00 bits per heavy atom. The quantitative estimate of drug-likeness (QED) is 0.712. The molecule has 0 spiro atoms. The number of nitrogens with zero attached hydrogens (tertiary/aromatic N) is 1. The molecule has 0 radical (unpaired) electrons. The Hall–Kier alpha value is -1.35. The minimum Gasteiger partial charge on any atom is -0.346 e. The van der Waals surface area contributed by atoms with Crippen LogP contribution in [0.4, 0.5) is 0 Å². The molecule has 0 bridgehead atoms. The minimum absolute atomic E-state index is 0.641. The first-order valence-electron chi connectivity index (χ1n) is 5.70. The predicted molar refractivity (Wildman–Crippen MR) is 59.7 cm³/mol. The Kier molecular flexibility index (Phi) is 2.18. The molecule has 1 aliphatic rings. The first-order chi connectivity index (χ1) is 7.43. The van der Waals surface area contributed by atoms with Crippen LogP contribution in [0.25, 0.3) is 11.0 Å². The molecular formula is C12H16N3+. The van der Waals surface area contributed by atoms with Crippen LogP contribution in [0, 0.1) is 0 Å². The molecule has 0 unspecified atom stereocenters. The van der Waals surface area contributed by atoms with E-state index in [0.717, 1.165) is 5.52 Å². The van der Waals surface area contributed by atoms with Crippen LogP contribution in [0.2, 0.25) is 0 Å². The summed E-state index contributed by atoms with van der Waals surface area (Å²) in [7, 11) is 0. The first-order valence-corrected chi connectivity index (χ1v) is 5.70. The fourth-order valence-electron chi connectivity index (χ4n) is 2.37. The van der Waals surface area contributed by atoms with E-state index >= 15 is 0 Å². The number of aromatic amines is 1. The summed E-state index contributed by atoms with van der Waals surface area (Å²) < 4.78 is 0. The maximum Gasteiger partial charge on any atom is 0.110 e. The molecular weight excluding hydrogens is 186 g/mol. The van der Waals surface area contributed by atoms with Crippen molar-refractivity contribution in [3.8, 4) is 0 Å². The van der Waals surface area contributed by atoms with Crippen molar-refractivity contribution >= 4 is 11.0 Å². The van der Waals surface area contributed by atoms with Crippen LogP contribution in [0.3, 0.4) is 0 Å². The van der Waals surface area contributed by atoms with Gasteiger partial charge in [0.05, 0.1) is 24.1 Å². The number of hydrogen-bond acceptors (Lipinski definition) is 1. The molecule has 3 rings (SSSR count). The molecule has 1 aliphatic heterocycles. The third-order valence-electron chi connectivity index (χ3n) is 3.23. The predicted octanol–water partition coefficient (Wildman–Crippen LogP) is 1.00. The van der Waals surface area contributed by atoms with Gasteiger partial charge in [-0.25, -0.2) is 4.98 Å². The van der Waals surface area contributed by atoms with E-state index in [-0.39, 0.29) is 0 Å². The lowest BCUT2D eigenvalue weighted by atomic mass is 9.98. The van der Waals surface area contributed by atoms with E-state index in [1.165, 1.54) is 37.3 Å². The van der Waals surface area contributed by atoms with Crippen LogP contribution in [0.5, 0.6) is 0 Å². The number of benzene rings is 1. The van der Waals surface area contributed by atoms with Crippen molar-refractivity contribution in [1.29, 1.82) is 0 Å². The van der Waals surface area contributed by atoms with Gasteiger partial charge in [0.1, 0.15) is 5.82 Å². The molecule has 0 saturated carbocycles. The molecule has 2 aromatic rings. The van der Waals surface area contributed by atoms with E-state index in [2.05, 4.69) is 33.5 Å². The number of para-hydroxylation sites is 2. The zero-order chi connectivity index (χ0) is 10.1. The lowest BCUT2D eigenvalue weighted by Crippen LogP contribution is -2.86. The van der Waals surface area contributed by atoms with Crippen LogP contribution in [-0.2, 0) is 0 Å². The molecule has 3 N–H and O–H groups in total. The number of hydrogen-bond donors (Lipinski definition) is 2. The summed E-state index contributed by atoms with van der Waals surface area (Å²) in [5, 5.41) is 2.39.